The minimum Gasteiger partial charge on any atom is -0.399 e. The molecular formula is C12H9BrF2N2O2S. The zero-order chi connectivity index (χ0) is 14.9. The number of rotatable bonds is 3. The summed E-state index contributed by atoms with van der Waals surface area (Å²) in [6.45, 7) is 0. The molecule has 3 N–H and O–H groups in total. The third kappa shape index (κ3) is 3.07. The lowest BCUT2D eigenvalue weighted by Gasteiger charge is -2.10. The molecule has 0 heterocycles. The average Bonchev–Trinajstić information content (AvgIpc) is 2.34. The molecule has 0 bridgehead atoms. The van der Waals surface area contributed by atoms with Gasteiger partial charge in [0.1, 0.15) is 5.69 Å². The fraction of sp³-hybridized carbons (Fsp3) is 0. The number of halogens is 3. The van der Waals surface area contributed by atoms with Crippen molar-refractivity contribution in [2.45, 2.75) is 4.90 Å². The fourth-order valence-corrected chi connectivity index (χ4v) is 3.05. The standard InChI is InChI=1S/C12H9BrF2N2O2S/c13-7-4-10(14)12(11(15)5-7)17-20(18,19)9-3-1-2-8(16)6-9/h1-6,17H,16H2. The van der Waals surface area contributed by atoms with Crippen LogP contribution in [0, 0.1) is 11.6 Å². The van der Waals surface area contributed by atoms with Gasteiger partial charge in [0.25, 0.3) is 10.0 Å². The maximum absolute atomic E-state index is 13.6. The summed E-state index contributed by atoms with van der Waals surface area (Å²) in [5.74, 6) is -2.05. The molecule has 0 radical (unpaired) electrons. The molecule has 0 aliphatic rings. The Morgan fingerprint density at radius 3 is 2.25 bits per heavy atom. The van der Waals surface area contributed by atoms with E-state index in [1.807, 2.05) is 4.72 Å². The molecule has 4 nitrogen and oxygen atoms in total. The Hall–Kier alpha value is -1.67. The summed E-state index contributed by atoms with van der Waals surface area (Å²) >= 11 is 2.91. The molecule has 0 atom stereocenters. The van der Waals surface area contributed by atoms with Gasteiger partial charge in [0.05, 0.1) is 4.90 Å². The van der Waals surface area contributed by atoms with Gasteiger partial charge < -0.3 is 5.73 Å². The Balaban J connectivity index is 2.44. The third-order valence-electron chi connectivity index (χ3n) is 2.41. The molecule has 2 rings (SSSR count). The maximum Gasteiger partial charge on any atom is 0.262 e. The Labute approximate surface area is 122 Å². The Bertz CT molecular complexity index is 743. The SMILES string of the molecule is Nc1cccc(S(=O)(=O)Nc2c(F)cc(Br)cc2F)c1. The van der Waals surface area contributed by atoms with Crippen molar-refractivity contribution in [3.05, 3.63) is 52.5 Å². The van der Waals surface area contributed by atoms with Crippen molar-refractivity contribution in [3.63, 3.8) is 0 Å². The molecule has 20 heavy (non-hydrogen) atoms. The number of hydrogen-bond acceptors (Lipinski definition) is 3. The predicted molar refractivity (Wildman–Crippen MR) is 75.7 cm³/mol. The Morgan fingerprint density at radius 2 is 1.70 bits per heavy atom. The number of nitrogen functional groups attached to an aromatic ring is 1. The predicted octanol–water partition coefficient (Wildman–Crippen LogP) is 3.11. The van der Waals surface area contributed by atoms with E-state index in [2.05, 4.69) is 15.9 Å². The van der Waals surface area contributed by atoms with Gasteiger partial charge in [-0.1, -0.05) is 22.0 Å². The first-order valence-electron chi connectivity index (χ1n) is 5.32. The summed E-state index contributed by atoms with van der Waals surface area (Å²) in [6.07, 6.45) is 0. The van der Waals surface area contributed by atoms with E-state index in [1.54, 1.807) is 0 Å². The molecule has 8 heteroatoms. The van der Waals surface area contributed by atoms with Crippen molar-refractivity contribution in [2.24, 2.45) is 0 Å². The van der Waals surface area contributed by atoms with Crippen LogP contribution in [0.5, 0.6) is 0 Å². The van der Waals surface area contributed by atoms with Gasteiger partial charge in [0.15, 0.2) is 11.6 Å². The molecule has 0 fully saturated rings. The van der Waals surface area contributed by atoms with Gasteiger partial charge in [-0.2, -0.15) is 0 Å². The second kappa shape index (κ2) is 5.37. The molecule has 0 saturated carbocycles. The first-order chi connectivity index (χ1) is 9.29. The second-order valence-corrected chi connectivity index (χ2v) is 6.52. The third-order valence-corrected chi connectivity index (χ3v) is 4.22. The first kappa shape index (κ1) is 14.7. The van der Waals surface area contributed by atoms with Gasteiger partial charge in [-0.25, -0.2) is 17.2 Å². The van der Waals surface area contributed by atoms with Crippen molar-refractivity contribution in [1.29, 1.82) is 0 Å². The highest BCUT2D eigenvalue weighted by Crippen LogP contribution is 2.26. The van der Waals surface area contributed by atoms with E-state index in [9.17, 15) is 17.2 Å². The summed E-state index contributed by atoms with van der Waals surface area (Å²) in [5.41, 5.74) is 4.97. The summed E-state index contributed by atoms with van der Waals surface area (Å²) < 4.78 is 53.3. The van der Waals surface area contributed by atoms with Crippen LogP contribution in [0.4, 0.5) is 20.2 Å². The smallest absolute Gasteiger partial charge is 0.262 e. The van der Waals surface area contributed by atoms with Crippen LogP contribution in [-0.2, 0) is 10.0 Å². The van der Waals surface area contributed by atoms with Crippen molar-refractivity contribution in [3.8, 4) is 0 Å². The summed E-state index contributed by atoms with van der Waals surface area (Å²) in [7, 11) is -4.12. The van der Waals surface area contributed by atoms with Gasteiger partial charge in [-0.15, -0.1) is 0 Å². The van der Waals surface area contributed by atoms with Crippen molar-refractivity contribution in [2.75, 3.05) is 10.5 Å². The quantitative estimate of drug-likeness (QED) is 0.824. The van der Waals surface area contributed by atoms with Gasteiger partial charge >= 0.3 is 0 Å². The van der Waals surface area contributed by atoms with E-state index in [0.717, 1.165) is 12.1 Å². The number of hydrogen-bond donors (Lipinski definition) is 2. The second-order valence-electron chi connectivity index (χ2n) is 3.92. The van der Waals surface area contributed by atoms with Gasteiger partial charge in [-0.3, -0.25) is 4.72 Å². The van der Waals surface area contributed by atoms with Crippen LogP contribution in [0.1, 0.15) is 0 Å². The van der Waals surface area contributed by atoms with Crippen molar-refractivity contribution >= 4 is 37.3 Å². The number of benzene rings is 2. The molecule has 0 aromatic heterocycles. The molecule has 0 saturated heterocycles. The molecule has 0 aliphatic heterocycles. The number of nitrogens with two attached hydrogens (primary N) is 1. The highest BCUT2D eigenvalue weighted by atomic mass is 79.9. The molecule has 0 aliphatic carbocycles. The number of sulfonamides is 1. The first-order valence-corrected chi connectivity index (χ1v) is 7.60. The van der Waals surface area contributed by atoms with E-state index in [-0.39, 0.29) is 15.1 Å². The summed E-state index contributed by atoms with van der Waals surface area (Å²) in [4.78, 5) is -0.181. The Morgan fingerprint density at radius 1 is 1.10 bits per heavy atom. The van der Waals surface area contributed by atoms with Crippen LogP contribution >= 0.6 is 15.9 Å². The average molecular weight is 363 g/mol. The van der Waals surface area contributed by atoms with Crippen molar-refractivity contribution < 1.29 is 17.2 Å². The lowest BCUT2D eigenvalue weighted by atomic mass is 10.3. The number of anilines is 2. The van der Waals surface area contributed by atoms with Crippen LogP contribution in [-0.4, -0.2) is 8.42 Å². The summed E-state index contributed by atoms with van der Waals surface area (Å²) in [6, 6.07) is 7.31. The normalized spacial score (nSPS) is 11.3. The van der Waals surface area contributed by atoms with E-state index >= 15 is 0 Å². The van der Waals surface area contributed by atoms with Crippen LogP contribution in [0.3, 0.4) is 0 Å². The Kier molecular flexibility index (Phi) is 3.96. The van der Waals surface area contributed by atoms with Crippen LogP contribution < -0.4 is 10.5 Å². The van der Waals surface area contributed by atoms with Gasteiger partial charge in [-0.05, 0) is 30.3 Å². The highest BCUT2D eigenvalue weighted by molar-refractivity contribution is 9.10. The molecule has 2 aromatic rings. The van der Waals surface area contributed by atoms with E-state index in [0.29, 0.717) is 0 Å². The molecule has 106 valence electrons. The topological polar surface area (TPSA) is 72.2 Å². The monoisotopic (exact) mass is 362 g/mol. The van der Waals surface area contributed by atoms with Gasteiger partial charge in [0, 0.05) is 10.2 Å². The zero-order valence-electron chi connectivity index (χ0n) is 9.90. The largest absolute Gasteiger partial charge is 0.399 e. The molecule has 0 spiro atoms. The fourth-order valence-electron chi connectivity index (χ4n) is 1.51. The zero-order valence-corrected chi connectivity index (χ0v) is 12.3. The highest BCUT2D eigenvalue weighted by Gasteiger charge is 2.19. The lowest BCUT2D eigenvalue weighted by Crippen LogP contribution is -2.15. The van der Waals surface area contributed by atoms with E-state index < -0.39 is 27.3 Å². The van der Waals surface area contributed by atoms with E-state index in [4.69, 9.17) is 5.73 Å². The van der Waals surface area contributed by atoms with Crippen LogP contribution in [0.25, 0.3) is 0 Å². The van der Waals surface area contributed by atoms with E-state index in [1.165, 1.54) is 24.3 Å². The molecular weight excluding hydrogens is 354 g/mol. The lowest BCUT2D eigenvalue weighted by molar-refractivity contribution is 0.582. The van der Waals surface area contributed by atoms with Crippen molar-refractivity contribution in [1.82, 2.24) is 0 Å². The minimum atomic E-state index is -4.12. The number of nitrogens with one attached hydrogen (secondary N) is 1. The molecule has 0 unspecified atom stereocenters. The van der Waals surface area contributed by atoms with Gasteiger partial charge in [0.2, 0.25) is 0 Å². The van der Waals surface area contributed by atoms with Crippen LogP contribution in [0.2, 0.25) is 0 Å². The summed E-state index contributed by atoms with van der Waals surface area (Å²) in [5, 5.41) is 0. The van der Waals surface area contributed by atoms with Crippen LogP contribution in [0.15, 0.2) is 45.8 Å². The maximum atomic E-state index is 13.6. The minimum absolute atomic E-state index is 0.166. The molecule has 2 aromatic carbocycles. The molecule has 0 amide bonds.